The van der Waals surface area contributed by atoms with Gasteiger partial charge in [0.05, 0.1) is 0 Å². The highest BCUT2D eigenvalue weighted by Crippen LogP contribution is 2.07. The molecular weight excluding hydrogens is 324 g/mol. The van der Waals surface area contributed by atoms with Gasteiger partial charge >= 0.3 is 0 Å². The number of nitrogens with zero attached hydrogens (tertiary/aromatic N) is 2. The Labute approximate surface area is 153 Å². The molecule has 0 fully saturated rings. The first-order valence-corrected chi connectivity index (χ1v) is 8.64. The molecule has 0 saturated carbocycles. The van der Waals surface area contributed by atoms with Crippen LogP contribution in [-0.2, 0) is 13.0 Å². The van der Waals surface area contributed by atoms with Crippen LogP contribution in [0.15, 0.2) is 67.0 Å². The normalized spacial score (nSPS) is 10.3. The molecule has 1 aromatic heterocycles. The molecule has 2 N–H and O–H groups in total. The summed E-state index contributed by atoms with van der Waals surface area (Å²) in [6, 6.07) is 20.0. The van der Waals surface area contributed by atoms with Crippen molar-refractivity contribution in [3.63, 3.8) is 0 Å². The van der Waals surface area contributed by atoms with Gasteiger partial charge in [-0.05, 0) is 24.5 Å². The molecule has 0 saturated heterocycles. The van der Waals surface area contributed by atoms with Gasteiger partial charge in [-0.25, -0.2) is 9.97 Å². The van der Waals surface area contributed by atoms with E-state index in [9.17, 15) is 4.79 Å². The van der Waals surface area contributed by atoms with Gasteiger partial charge in [0.2, 0.25) is 0 Å². The van der Waals surface area contributed by atoms with Crippen LogP contribution in [0.4, 0.5) is 5.82 Å². The van der Waals surface area contributed by atoms with E-state index in [-0.39, 0.29) is 5.91 Å². The third-order valence-corrected chi connectivity index (χ3v) is 4.00. The summed E-state index contributed by atoms with van der Waals surface area (Å²) in [5, 5.41) is 6.13. The zero-order valence-corrected chi connectivity index (χ0v) is 14.8. The fourth-order valence-corrected chi connectivity index (χ4v) is 2.65. The average molecular weight is 346 g/mol. The summed E-state index contributed by atoms with van der Waals surface area (Å²) in [6.45, 7) is 3.25. The minimum atomic E-state index is -0.208. The number of aromatic nitrogens is 2. The predicted molar refractivity (Wildman–Crippen MR) is 103 cm³/mol. The molecule has 0 radical (unpaired) electrons. The molecule has 0 aliphatic carbocycles. The summed E-state index contributed by atoms with van der Waals surface area (Å²) in [6.07, 6.45) is 2.30. The van der Waals surface area contributed by atoms with E-state index in [1.165, 1.54) is 17.5 Å². The number of nitrogens with one attached hydrogen (secondary N) is 2. The lowest BCUT2D eigenvalue weighted by Crippen LogP contribution is -2.24. The van der Waals surface area contributed by atoms with E-state index in [0.29, 0.717) is 18.1 Å². The molecule has 1 heterocycles. The van der Waals surface area contributed by atoms with E-state index < -0.39 is 0 Å². The summed E-state index contributed by atoms with van der Waals surface area (Å²) in [5.41, 5.74) is 3.84. The van der Waals surface area contributed by atoms with Crippen LogP contribution < -0.4 is 10.6 Å². The quantitative estimate of drug-likeness (QED) is 0.688. The average Bonchev–Trinajstić information content (AvgIpc) is 2.67. The fourth-order valence-electron chi connectivity index (χ4n) is 2.65. The molecular formula is C21H22N4O. The molecule has 26 heavy (non-hydrogen) atoms. The summed E-state index contributed by atoms with van der Waals surface area (Å²) < 4.78 is 0. The van der Waals surface area contributed by atoms with Crippen molar-refractivity contribution in [1.82, 2.24) is 15.3 Å². The topological polar surface area (TPSA) is 66.9 Å². The second-order valence-electron chi connectivity index (χ2n) is 6.12. The number of aryl methyl sites for hydroxylation is 1. The zero-order valence-electron chi connectivity index (χ0n) is 14.8. The van der Waals surface area contributed by atoms with Gasteiger partial charge in [0.1, 0.15) is 17.8 Å². The van der Waals surface area contributed by atoms with Gasteiger partial charge in [-0.3, -0.25) is 4.79 Å². The van der Waals surface area contributed by atoms with Crippen molar-refractivity contribution >= 4 is 11.7 Å². The Morgan fingerprint density at radius 2 is 1.77 bits per heavy atom. The van der Waals surface area contributed by atoms with E-state index in [4.69, 9.17) is 0 Å². The first kappa shape index (κ1) is 17.6. The van der Waals surface area contributed by atoms with Crippen LogP contribution in [0.5, 0.6) is 0 Å². The van der Waals surface area contributed by atoms with Crippen LogP contribution >= 0.6 is 0 Å². The highest BCUT2D eigenvalue weighted by atomic mass is 16.1. The fraction of sp³-hybridized carbons (Fsp3) is 0.190. The van der Waals surface area contributed by atoms with Crippen molar-refractivity contribution in [1.29, 1.82) is 0 Å². The molecule has 3 aromatic rings. The molecule has 0 atom stereocenters. The minimum Gasteiger partial charge on any atom is -0.370 e. The Morgan fingerprint density at radius 3 is 2.58 bits per heavy atom. The van der Waals surface area contributed by atoms with Crippen molar-refractivity contribution in [2.75, 3.05) is 11.9 Å². The molecule has 2 aromatic carbocycles. The van der Waals surface area contributed by atoms with Crippen molar-refractivity contribution in [3.05, 3.63) is 89.4 Å². The largest absolute Gasteiger partial charge is 0.370 e. The number of rotatable bonds is 7. The lowest BCUT2D eigenvalue weighted by Gasteiger charge is -2.08. The molecule has 0 aliphatic rings. The van der Waals surface area contributed by atoms with Crippen molar-refractivity contribution in [3.8, 4) is 0 Å². The number of carbonyl (C=O) groups excluding carboxylic acids is 1. The van der Waals surface area contributed by atoms with Crippen LogP contribution in [0.3, 0.4) is 0 Å². The third-order valence-electron chi connectivity index (χ3n) is 4.00. The van der Waals surface area contributed by atoms with E-state index in [2.05, 4.69) is 38.8 Å². The monoisotopic (exact) mass is 346 g/mol. The van der Waals surface area contributed by atoms with E-state index in [0.717, 1.165) is 18.5 Å². The molecule has 1 amide bonds. The Bertz CT molecular complexity index is 865. The number of hydrogen-bond acceptors (Lipinski definition) is 4. The third kappa shape index (κ3) is 5.14. The van der Waals surface area contributed by atoms with Gasteiger partial charge in [-0.1, -0.05) is 60.2 Å². The molecule has 5 nitrogen and oxygen atoms in total. The summed E-state index contributed by atoms with van der Waals surface area (Å²) in [7, 11) is 0. The SMILES string of the molecule is Cc1cccc(CNC(=O)c2cc(NCCc3ccccc3)ncn2)c1. The lowest BCUT2D eigenvalue weighted by atomic mass is 10.1. The van der Waals surface area contributed by atoms with Crippen LogP contribution in [0.2, 0.25) is 0 Å². The Morgan fingerprint density at radius 1 is 0.962 bits per heavy atom. The first-order chi connectivity index (χ1) is 12.7. The first-order valence-electron chi connectivity index (χ1n) is 8.64. The highest BCUT2D eigenvalue weighted by molar-refractivity contribution is 5.92. The maximum absolute atomic E-state index is 12.3. The predicted octanol–water partition coefficient (Wildman–Crippen LogP) is 3.37. The number of amides is 1. The summed E-state index contributed by atoms with van der Waals surface area (Å²) in [5.74, 6) is 0.441. The van der Waals surface area contributed by atoms with Crippen molar-refractivity contribution in [2.45, 2.75) is 19.9 Å². The number of hydrogen-bond donors (Lipinski definition) is 2. The standard InChI is InChI=1S/C21H22N4O/c1-16-6-5-9-18(12-16)14-23-21(26)19-13-20(25-15-24-19)22-11-10-17-7-3-2-4-8-17/h2-9,12-13,15H,10-11,14H2,1H3,(H,23,26)(H,22,24,25). The van der Waals surface area contributed by atoms with Gasteiger partial charge in [0.15, 0.2) is 0 Å². The summed E-state index contributed by atoms with van der Waals surface area (Å²) in [4.78, 5) is 20.6. The molecule has 0 unspecified atom stereocenters. The van der Waals surface area contributed by atoms with Crippen LogP contribution in [0, 0.1) is 6.92 Å². The molecule has 3 rings (SSSR count). The van der Waals surface area contributed by atoms with Crippen molar-refractivity contribution < 1.29 is 4.79 Å². The highest BCUT2D eigenvalue weighted by Gasteiger charge is 2.08. The zero-order chi connectivity index (χ0) is 18.2. The Balaban J connectivity index is 1.53. The Kier molecular flexibility index (Phi) is 5.93. The number of carbonyl (C=O) groups is 1. The van der Waals surface area contributed by atoms with Crippen LogP contribution in [0.1, 0.15) is 27.2 Å². The van der Waals surface area contributed by atoms with Crippen molar-refractivity contribution in [2.24, 2.45) is 0 Å². The second kappa shape index (κ2) is 8.76. The van der Waals surface area contributed by atoms with Gasteiger partial charge in [0.25, 0.3) is 5.91 Å². The summed E-state index contributed by atoms with van der Waals surface area (Å²) >= 11 is 0. The molecule has 5 heteroatoms. The van der Waals surface area contributed by atoms with Gasteiger partial charge in [0, 0.05) is 19.2 Å². The smallest absolute Gasteiger partial charge is 0.270 e. The second-order valence-corrected chi connectivity index (χ2v) is 6.12. The molecule has 0 aliphatic heterocycles. The molecule has 132 valence electrons. The van der Waals surface area contributed by atoms with Crippen LogP contribution in [0.25, 0.3) is 0 Å². The molecule has 0 spiro atoms. The maximum Gasteiger partial charge on any atom is 0.270 e. The van der Waals surface area contributed by atoms with Gasteiger partial charge < -0.3 is 10.6 Å². The number of anilines is 1. The minimum absolute atomic E-state index is 0.208. The number of benzene rings is 2. The van der Waals surface area contributed by atoms with E-state index in [1.807, 2.05) is 43.3 Å². The molecule has 0 bridgehead atoms. The van der Waals surface area contributed by atoms with Gasteiger partial charge in [-0.2, -0.15) is 0 Å². The Hall–Kier alpha value is -3.21. The maximum atomic E-state index is 12.3. The van der Waals surface area contributed by atoms with Crippen LogP contribution in [-0.4, -0.2) is 22.4 Å². The van der Waals surface area contributed by atoms with E-state index >= 15 is 0 Å². The lowest BCUT2D eigenvalue weighted by molar-refractivity contribution is 0.0946. The van der Waals surface area contributed by atoms with Gasteiger partial charge in [-0.15, -0.1) is 0 Å². The van der Waals surface area contributed by atoms with E-state index in [1.54, 1.807) is 6.07 Å².